The van der Waals surface area contributed by atoms with Gasteiger partial charge in [-0.1, -0.05) is 18.2 Å². The maximum absolute atomic E-state index is 5.53. The lowest BCUT2D eigenvalue weighted by atomic mass is 10.1. The highest BCUT2D eigenvalue weighted by atomic mass is 16.5. The summed E-state index contributed by atoms with van der Waals surface area (Å²) < 4.78 is 5.53. The molecule has 1 aliphatic rings. The Balaban J connectivity index is 2.27. The zero-order valence-electron chi connectivity index (χ0n) is 6.29. The fraction of sp³-hybridized carbons (Fsp3) is 0.333. The maximum atomic E-state index is 5.53. The van der Waals surface area contributed by atoms with E-state index in [1.54, 1.807) is 0 Å². The number of nitrogens with two attached hydrogens (primary N) is 1. The summed E-state index contributed by atoms with van der Waals surface area (Å²) in [5.74, 6) is 1.00. The van der Waals surface area contributed by atoms with Crippen molar-refractivity contribution in [2.24, 2.45) is 5.73 Å². The van der Waals surface area contributed by atoms with E-state index in [0.717, 1.165) is 12.2 Å². The quantitative estimate of drug-likeness (QED) is 0.645. The van der Waals surface area contributed by atoms with Gasteiger partial charge in [0, 0.05) is 13.0 Å². The number of para-hydroxylation sites is 1. The minimum Gasteiger partial charge on any atom is -0.488 e. The highest BCUT2D eigenvalue weighted by molar-refractivity contribution is 5.37. The number of hydrogen-bond acceptors (Lipinski definition) is 2. The van der Waals surface area contributed by atoms with Crippen molar-refractivity contribution in [3.8, 4) is 5.75 Å². The minimum absolute atomic E-state index is 0.201. The Kier molecular flexibility index (Phi) is 1.55. The molecule has 1 aliphatic heterocycles. The number of ether oxygens (including phenoxy) is 1. The van der Waals surface area contributed by atoms with Gasteiger partial charge in [-0.2, -0.15) is 0 Å². The van der Waals surface area contributed by atoms with Gasteiger partial charge in [0.2, 0.25) is 0 Å². The second-order valence-electron chi connectivity index (χ2n) is 2.79. The van der Waals surface area contributed by atoms with Crippen LogP contribution in [0.1, 0.15) is 5.56 Å². The van der Waals surface area contributed by atoms with Crippen LogP contribution in [0.25, 0.3) is 0 Å². The van der Waals surface area contributed by atoms with E-state index < -0.39 is 0 Å². The summed E-state index contributed by atoms with van der Waals surface area (Å²) >= 11 is 0. The first-order chi connectivity index (χ1) is 5.40. The topological polar surface area (TPSA) is 35.2 Å². The average Bonchev–Trinajstić information content (AvgIpc) is 2.46. The van der Waals surface area contributed by atoms with Crippen molar-refractivity contribution >= 4 is 0 Å². The minimum atomic E-state index is 0.201. The molecule has 0 spiro atoms. The monoisotopic (exact) mass is 149 g/mol. The Hall–Kier alpha value is -1.02. The van der Waals surface area contributed by atoms with Gasteiger partial charge in [0.15, 0.2) is 0 Å². The van der Waals surface area contributed by atoms with Crippen LogP contribution in [-0.4, -0.2) is 12.6 Å². The summed E-state index contributed by atoms with van der Waals surface area (Å²) in [6.07, 6.45) is 1.17. The molecular weight excluding hydrogens is 138 g/mol. The average molecular weight is 149 g/mol. The molecule has 0 amide bonds. The van der Waals surface area contributed by atoms with Gasteiger partial charge in [-0.25, -0.2) is 0 Å². The Morgan fingerprint density at radius 2 is 2.27 bits per heavy atom. The smallest absolute Gasteiger partial charge is 0.123 e. The van der Waals surface area contributed by atoms with Crippen LogP contribution in [0.5, 0.6) is 5.75 Å². The molecule has 0 aromatic heterocycles. The van der Waals surface area contributed by atoms with Crippen molar-refractivity contribution in [2.45, 2.75) is 12.5 Å². The molecule has 1 aromatic rings. The van der Waals surface area contributed by atoms with E-state index in [4.69, 9.17) is 10.5 Å². The summed E-state index contributed by atoms with van der Waals surface area (Å²) in [4.78, 5) is 0. The molecule has 0 fully saturated rings. The van der Waals surface area contributed by atoms with Crippen LogP contribution in [0.15, 0.2) is 24.3 Å². The Labute approximate surface area is 66.0 Å². The SMILES string of the molecule is NC[C@H]1Cc2ccccc2O1. The molecule has 2 rings (SSSR count). The Morgan fingerprint density at radius 3 is 3.00 bits per heavy atom. The zero-order chi connectivity index (χ0) is 7.68. The summed E-state index contributed by atoms with van der Waals surface area (Å²) in [5.41, 5.74) is 6.77. The standard InChI is InChI=1S/C9H11NO/c10-6-8-5-7-3-1-2-4-9(7)11-8/h1-4,8H,5-6,10H2/t8-/m1/s1. The van der Waals surface area contributed by atoms with Gasteiger partial charge < -0.3 is 10.5 Å². The highest BCUT2D eigenvalue weighted by Gasteiger charge is 2.19. The molecule has 0 saturated carbocycles. The van der Waals surface area contributed by atoms with Gasteiger partial charge in [0.25, 0.3) is 0 Å². The van der Waals surface area contributed by atoms with Crippen molar-refractivity contribution in [3.63, 3.8) is 0 Å². The number of fused-ring (bicyclic) bond motifs is 1. The molecule has 0 radical (unpaired) electrons. The maximum Gasteiger partial charge on any atom is 0.123 e. The van der Waals surface area contributed by atoms with Crippen LogP contribution in [0.2, 0.25) is 0 Å². The zero-order valence-corrected chi connectivity index (χ0v) is 6.29. The first-order valence-electron chi connectivity index (χ1n) is 3.85. The van der Waals surface area contributed by atoms with Crippen molar-refractivity contribution in [2.75, 3.05) is 6.54 Å². The first kappa shape index (κ1) is 6.68. The molecule has 0 unspecified atom stereocenters. The molecule has 2 N–H and O–H groups in total. The second kappa shape index (κ2) is 2.55. The predicted octanol–water partition coefficient (Wildman–Crippen LogP) is 0.949. The lowest BCUT2D eigenvalue weighted by molar-refractivity contribution is 0.241. The summed E-state index contributed by atoms with van der Waals surface area (Å²) in [6, 6.07) is 8.09. The van der Waals surface area contributed by atoms with Crippen LogP contribution >= 0.6 is 0 Å². The molecule has 0 bridgehead atoms. The molecule has 11 heavy (non-hydrogen) atoms. The lowest BCUT2D eigenvalue weighted by Gasteiger charge is -2.05. The predicted molar refractivity (Wildman–Crippen MR) is 43.6 cm³/mol. The van der Waals surface area contributed by atoms with Gasteiger partial charge in [-0.05, 0) is 11.6 Å². The molecule has 1 heterocycles. The van der Waals surface area contributed by atoms with E-state index in [1.807, 2.05) is 18.2 Å². The number of hydrogen-bond donors (Lipinski definition) is 1. The van der Waals surface area contributed by atoms with Gasteiger partial charge in [-0.15, -0.1) is 0 Å². The van der Waals surface area contributed by atoms with Crippen LogP contribution in [0.3, 0.4) is 0 Å². The van der Waals surface area contributed by atoms with E-state index in [-0.39, 0.29) is 6.10 Å². The third-order valence-corrected chi connectivity index (χ3v) is 1.98. The largest absolute Gasteiger partial charge is 0.488 e. The van der Waals surface area contributed by atoms with Gasteiger partial charge >= 0.3 is 0 Å². The van der Waals surface area contributed by atoms with Crippen LogP contribution < -0.4 is 10.5 Å². The summed E-state index contributed by atoms with van der Waals surface area (Å²) in [6.45, 7) is 0.606. The molecule has 2 nitrogen and oxygen atoms in total. The molecule has 1 aromatic carbocycles. The molecule has 2 heteroatoms. The Morgan fingerprint density at radius 1 is 1.45 bits per heavy atom. The van der Waals surface area contributed by atoms with Crippen LogP contribution in [0.4, 0.5) is 0 Å². The molecule has 0 saturated heterocycles. The molecule has 0 aliphatic carbocycles. The van der Waals surface area contributed by atoms with E-state index >= 15 is 0 Å². The van der Waals surface area contributed by atoms with Crippen LogP contribution in [-0.2, 0) is 6.42 Å². The number of rotatable bonds is 1. The first-order valence-corrected chi connectivity index (χ1v) is 3.85. The van der Waals surface area contributed by atoms with E-state index in [2.05, 4.69) is 6.07 Å². The van der Waals surface area contributed by atoms with Crippen molar-refractivity contribution in [1.82, 2.24) is 0 Å². The third-order valence-electron chi connectivity index (χ3n) is 1.98. The fourth-order valence-corrected chi connectivity index (χ4v) is 1.39. The van der Waals surface area contributed by atoms with E-state index in [9.17, 15) is 0 Å². The van der Waals surface area contributed by atoms with Crippen LogP contribution in [0, 0.1) is 0 Å². The lowest BCUT2D eigenvalue weighted by Crippen LogP contribution is -2.24. The Bertz CT molecular complexity index is 234. The van der Waals surface area contributed by atoms with Crippen molar-refractivity contribution in [1.29, 1.82) is 0 Å². The van der Waals surface area contributed by atoms with Crippen molar-refractivity contribution < 1.29 is 4.74 Å². The molecule has 1 atom stereocenters. The summed E-state index contributed by atoms with van der Waals surface area (Å²) in [5, 5.41) is 0. The van der Waals surface area contributed by atoms with Gasteiger partial charge in [0.1, 0.15) is 11.9 Å². The summed E-state index contributed by atoms with van der Waals surface area (Å²) in [7, 11) is 0. The number of benzene rings is 1. The van der Waals surface area contributed by atoms with E-state index in [0.29, 0.717) is 6.54 Å². The third kappa shape index (κ3) is 1.10. The second-order valence-corrected chi connectivity index (χ2v) is 2.79. The van der Waals surface area contributed by atoms with Gasteiger partial charge in [-0.3, -0.25) is 0 Å². The normalized spacial score (nSPS) is 21.0. The van der Waals surface area contributed by atoms with E-state index in [1.165, 1.54) is 5.56 Å². The van der Waals surface area contributed by atoms with Crippen molar-refractivity contribution in [3.05, 3.63) is 29.8 Å². The highest BCUT2D eigenvalue weighted by Crippen LogP contribution is 2.27. The molecular formula is C9H11NO. The van der Waals surface area contributed by atoms with Gasteiger partial charge in [0.05, 0.1) is 0 Å². The molecule has 58 valence electrons. The fourth-order valence-electron chi connectivity index (χ4n) is 1.39.